The fourth-order valence-corrected chi connectivity index (χ4v) is 2.42. The first-order valence-electron chi connectivity index (χ1n) is 4.23. The number of hydrogen-bond acceptors (Lipinski definition) is 5. The predicted molar refractivity (Wildman–Crippen MR) is 60.8 cm³/mol. The van der Waals surface area contributed by atoms with Gasteiger partial charge in [0.25, 0.3) is 0 Å². The van der Waals surface area contributed by atoms with Crippen molar-refractivity contribution in [1.82, 2.24) is 0 Å². The Labute approximate surface area is 97.6 Å². The van der Waals surface area contributed by atoms with Crippen LogP contribution in [0.15, 0.2) is 27.8 Å². The predicted octanol–water partition coefficient (Wildman–Crippen LogP) is 1.13. The van der Waals surface area contributed by atoms with Gasteiger partial charge in [-0.1, -0.05) is 6.58 Å². The molecule has 0 spiro atoms. The summed E-state index contributed by atoms with van der Waals surface area (Å²) in [6.07, 6.45) is 0. The van der Waals surface area contributed by atoms with E-state index in [9.17, 15) is 13.2 Å². The van der Waals surface area contributed by atoms with Gasteiger partial charge in [0.05, 0.1) is 5.56 Å². The highest BCUT2D eigenvalue weighted by molar-refractivity contribution is 7.91. The van der Waals surface area contributed by atoms with Crippen molar-refractivity contribution >= 4 is 27.3 Å². The molecular formula is C9H11NO4S2. The molecule has 1 aromatic heterocycles. The van der Waals surface area contributed by atoms with Crippen molar-refractivity contribution in [2.24, 2.45) is 5.14 Å². The topological polar surface area (TPSA) is 86.5 Å². The number of carbonyl (C=O) groups excluding carboxylic acids is 1. The fourth-order valence-electron chi connectivity index (χ4n) is 0.845. The van der Waals surface area contributed by atoms with Crippen molar-refractivity contribution in [1.29, 1.82) is 0 Å². The highest BCUT2D eigenvalue weighted by Crippen LogP contribution is 2.19. The van der Waals surface area contributed by atoms with Crippen molar-refractivity contribution in [3.8, 4) is 0 Å². The Balaban J connectivity index is 2.79. The second-order valence-electron chi connectivity index (χ2n) is 3.23. The van der Waals surface area contributed by atoms with Crippen LogP contribution >= 0.6 is 11.3 Å². The Morgan fingerprint density at radius 2 is 2.25 bits per heavy atom. The largest absolute Gasteiger partial charge is 0.458 e. The van der Waals surface area contributed by atoms with Gasteiger partial charge >= 0.3 is 5.97 Å². The molecule has 0 aromatic carbocycles. The van der Waals surface area contributed by atoms with Crippen LogP contribution in [0.3, 0.4) is 0 Å². The van der Waals surface area contributed by atoms with Gasteiger partial charge in [0, 0.05) is 5.38 Å². The van der Waals surface area contributed by atoms with Crippen LogP contribution in [0.2, 0.25) is 0 Å². The molecule has 1 aromatic rings. The number of esters is 1. The van der Waals surface area contributed by atoms with E-state index in [1.807, 2.05) is 0 Å². The second kappa shape index (κ2) is 4.77. The molecule has 88 valence electrons. The molecule has 0 fully saturated rings. The van der Waals surface area contributed by atoms with E-state index in [1.54, 1.807) is 6.92 Å². The summed E-state index contributed by atoms with van der Waals surface area (Å²) in [5.41, 5.74) is 0.880. The molecule has 0 aliphatic rings. The van der Waals surface area contributed by atoms with Crippen molar-refractivity contribution in [2.75, 3.05) is 6.61 Å². The number of carbonyl (C=O) groups is 1. The summed E-state index contributed by atoms with van der Waals surface area (Å²) in [7, 11) is -3.75. The third-order valence-corrected chi connectivity index (χ3v) is 3.93. The van der Waals surface area contributed by atoms with Crippen LogP contribution in [-0.4, -0.2) is 21.0 Å². The van der Waals surface area contributed by atoms with Gasteiger partial charge in [0.1, 0.15) is 10.8 Å². The minimum atomic E-state index is -3.75. The van der Waals surface area contributed by atoms with Crippen molar-refractivity contribution in [3.05, 3.63) is 29.2 Å². The van der Waals surface area contributed by atoms with E-state index >= 15 is 0 Å². The number of sulfonamides is 1. The number of nitrogens with two attached hydrogens (primary N) is 1. The van der Waals surface area contributed by atoms with Gasteiger partial charge in [-0.2, -0.15) is 0 Å². The van der Waals surface area contributed by atoms with E-state index in [0.717, 1.165) is 11.3 Å². The zero-order valence-electron chi connectivity index (χ0n) is 8.60. The minimum Gasteiger partial charge on any atom is -0.458 e. The molecule has 5 nitrogen and oxygen atoms in total. The summed E-state index contributed by atoms with van der Waals surface area (Å²) in [5.74, 6) is -0.589. The number of ether oxygens (including phenoxy) is 1. The van der Waals surface area contributed by atoms with Gasteiger partial charge in [-0.15, -0.1) is 11.3 Å². The van der Waals surface area contributed by atoms with Crippen LogP contribution in [0, 0.1) is 0 Å². The van der Waals surface area contributed by atoms with Gasteiger partial charge in [-0.25, -0.2) is 18.4 Å². The maximum Gasteiger partial charge on any atom is 0.339 e. The molecule has 0 bridgehead atoms. The molecule has 2 N–H and O–H groups in total. The molecule has 1 heterocycles. The number of primary sulfonamides is 1. The SMILES string of the molecule is C=C(C)COC(=O)c1csc(S(N)(=O)=O)c1. The fraction of sp³-hybridized carbons (Fsp3) is 0.222. The van der Waals surface area contributed by atoms with E-state index in [-0.39, 0.29) is 16.4 Å². The molecular weight excluding hydrogens is 250 g/mol. The standard InChI is InChI=1S/C9H11NO4S2/c1-6(2)4-14-9(11)7-3-8(15-5-7)16(10,12)13/h3,5H,1,4H2,2H3,(H2,10,12,13). The molecule has 0 radical (unpaired) electrons. The van der Waals surface area contributed by atoms with Gasteiger partial charge in [-0.05, 0) is 18.6 Å². The molecule has 0 saturated heterocycles. The average molecular weight is 261 g/mol. The summed E-state index contributed by atoms with van der Waals surface area (Å²) in [5, 5.41) is 6.30. The van der Waals surface area contributed by atoms with Crippen LogP contribution in [0.4, 0.5) is 0 Å². The van der Waals surface area contributed by atoms with Crippen LogP contribution in [0.25, 0.3) is 0 Å². The lowest BCUT2D eigenvalue weighted by molar-refractivity contribution is 0.0541. The Morgan fingerprint density at radius 3 is 2.69 bits per heavy atom. The Morgan fingerprint density at radius 1 is 1.62 bits per heavy atom. The van der Waals surface area contributed by atoms with E-state index in [4.69, 9.17) is 9.88 Å². The highest BCUT2D eigenvalue weighted by Gasteiger charge is 2.15. The quantitative estimate of drug-likeness (QED) is 0.650. The average Bonchev–Trinajstić information content (AvgIpc) is 2.61. The number of hydrogen-bond donors (Lipinski definition) is 1. The minimum absolute atomic E-state index is 0.0604. The maximum atomic E-state index is 11.4. The van der Waals surface area contributed by atoms with E-state index in [1.165, 1.54) is 11.4 Å². The first kappa shape index (κ1) is 12.9. The second-order valence-corrected chi connectivity index (χ2v) is 5.93. The normalized spacial score (nSPS) is 11.1. The summed E-state index contributed by atoms with van der Waals surface area (Å²) < 4.78 is 26.7. The molecule has 0 atom stereocenters. The molecule has 0 amide bonds. The molecule has 16 heavy (non-hydrogen) atoms. The van der Waals surface area contributed by atoms with Crippen LogP contribution in [0.5, 0.6) is 0 Å². The monoisotopic (exact) mass is 261 g/mol. The number of thiophene rings is 1. The third-order valence-electron chi connectivity index (χ3n) is 1.54. The molecule has 0 aliphatic carbocycles. The van der Waals surface area contributed by atoms with Crippen LogP contribution < -0.4 is 5.14 Å². The van der Waals surface area contributed by atoms with Gasteiger partial charge < -0.3 is 4.74 Å². The Hall–Kier alpha value is -1.18. The lowest BCUT2D eigenvalue weighted by Crippen LogP contribution is -2.10. The van der Waals surface area contributed by atoms with Gasteiger partial charge in [0.15, 0.2) is 0 Å². The van der Waals surface area contributed by atoms with Crippen LogP contribution in [-0.2, 0) is 14.8 Å². The van der Waals surface area contributed by atoms with Gasteiger partial charge in [0.2, 0.25) is 10.0 Å². The molecule has 0 aliphatic heterocycles. The van der Waals surface area contributed by atoms with Gasteiger partial charge in [-0.3, -0.25) is 0 Å². The smallest absolute Gasteiger partial charge is 0.339 e. The summed E-state index contributed by atoms with van der Waals surface area (Å²) >= 11 is 0.883. The molecule has 1 rings (SSSR count). The summed E-state index contributed by atoms with van der Waals surface area (Å²) in [4.78, 5) is 11.4. The Bertz CT molecular complexity index is 515. The molecule has 0 saturated carbocycles. The van der Waals surface area contributed by atoms with E-state index in [2.05, 4.69) is 6.58 Å². The first-order chi connectivity index (χ1) is 7.30. The zero-order valence-corrected chi connectivity index (χ0v) is 10.2. The third kappa shape index (κ3) is 3.44. The Kier molecular flexibility index (Phi) is 3.84. The number of rotatable bonds is 4. The zero-order chi connectivity index (χ0) is 12.3. The lowest BCUT2D eigenvalue weighted by atomic mass is 10.3. The molecule has 0 unspecified atom stereocenters. The highest BCUT2D eigenvalue weighted by atomic mass is 32.2. The summed E-state index contributed by atoms with van der Waals surface area (Å²) in [6, 6.07) is 1.20. The van der Waals surface area contributed by atoms with Crippen LogP contribution in [0.1, 0.15) is 17.3 Å². The summed E-state index contributed by atoms with van der Waals surface area (Å²) in [6.45, 7) is 5.40. The first-order valence-corrected chi connectivity index (χ1v) is 6.66. The maximum absolute atomic E-state index is 11.4. The van der Waals surface area contributed by atoms with Crippen molar-refractivity contribution in [3.63, 3.8) is 0 Å². The van der Waals surface area contributed by atoms with Crippen molar-refractivity contribution < 1.29 is 17.9 Å². The van der Waals surface area contributed by atoms with E-state index in [0.29, 0.717) is 5.57 Å². The van der Waals surface area contributed by atoms with Crippen molar-refractivity contribution in [2.45, 2.75) is 11.1 Å². The molecule has 7 heteroatoms. The van der Waals surface area contributed by atoms with E-state index < -0.39 is 16.0 Å². The lowest BCUT2D eigenvalue weighted by Gasteiger charge is -2.01.